The average molecular weight is 459 g/mol. The standard InChI is InChI=1S/C20H25F4N5O3/c1-6-25-16-12(20(22,23)24)9-26-18(28-16)27-14-8-13(21)11(7-15(14)32-5)17(30)29(4)10-19(2,3)31/h7-9,31H,6,10H2,1-5H3,(H2,25,26,27,28). The summed E-state index contributed by atoms with van der Waals surface area (Å²) in [6.07, 6.45) is -4.04. The number of alkyl halides is 3. The molecule has 8 nitrogen and oxygen atoms in total. The molecule has 2 rings (SSSR count). The van der Waals surface area contributed by atoms with Gasteiger partial charge >= 0.3 is 6.18 Å². The molecule has 1 aromatic heterocycles. The maximum atomic E-state index is 14.7. The van der Waals surface area contributed by atoms with Crippen LogP contribution in [0.4, 0.5) is 35.0 Å². The van der Waals surface area contributed by atoms with Gasteiger partial charge in [0.2, 0.25) is 5.95 Å². The third kappa shape index (κ3) is 6.19. The number of aliphatic hydroxyl groups is 1. The Morgan fingerprint density at radius 2 is 1.94 bits per heavy atom. The molecule has 1 heterocycles. The van der Waals surface area contributed by atoms with Gasteiger partial charge in [0.05, 0.1) is 24.0 Å². The number of halogens is 4. The maximum absolute atomic E-state index is 14.7. The van der Waals surface area contributed by atoms with Crippen LogP contribution in [-0.2, 0) is 6.18 Å². The zero-order valence-corrected chi connectivity index (χ0v) is 18.3. The SMILES string of the molecule is CCNc1nc(Nc2cc(F)c(C(=O)N(C)CC(C)(C)O)cc2OC)ncc1C(F)(F)F. The van der Waals surface area contributed by atoms with Gasteiger partial charge in [0.1, 0.15) is 22.9 Å². The van der Waals surface area contributed by atoms with Crippen molar-refractivity contribution in [3.8, 4) is 5.75 Å². The minimum absolute atomic E-state index is 0.00824. The number of hydrogen-bond donors (Lipinski definition) is 3. The number of benzene rings is 1. The molecule has 32 heavy (non-hydrogen) atoms. The Morgan fingerprint density at radius 3 is 2.47 bits per heavy atom. The Bertz CT molecular complexity index is 977. The van der Waals surface area contributed by atoms with Crippen LogP contribution in [0.5, 0.6) is 5.75 Å². The molecule has 0 spiro atoms. The van der Waals surface area contributed by atoms with Crippen LogP contribution in [0.25, 0.3) is 0 Å². The molecule has 1 aromatic carbocycles. The van der Waals surface area contributed by atoms with Gasteiger partial charge < -0.3 is 25.4 Å². The van der Waals surface area contributed by atoms with E-state index in [0.717, 1.165) is 17.0 Å². The van der Waals surface area contributed by atoms with Gasteiger partial charge in [-0.1, -0.05) is 0 Å². The summed E-state index contributed by atoms with van der Waals surface area (Å²) in [7, 11) is 2.70. The minimum atomic E-state index is -4.66. The number of hydrogen-bond acceptors (Lipinski definition) is 7. The van der Waals surface area contributed by atoms with E-state index in [9.17, 15) is 27.5 Å². The Hall–Kier alpha value is -3.15. The lowest BCUT2D eigenvalue weighted by Gasteiger charge is -2.26. The predicted molar refractivity (Wildman–Crippen MR) is 111 cm³/mol. The molecule has 12 heteroatoms. The van der Waals surface area contributed by atoms with Gasteiger partial charge in [0.25, 0.3) is 5.91 Å². The van der Waals surface area contributed by atoms with Crippen LogP contribution < -0.4 is 15.4 Å². The summed E-state index contributed by atoms with van der Waals surface area (Å²) in [5.41, 5.74) is -2.52. The van der Waals surface area contributed by atoms with Gasteiger partial charge in [-0.05, 0) is 26.8 Å². The highest BCUT2D eigenvalue weighted by atomic mass is 19.4. The molecular formula is C20H25F4N5O3. The van der Waals surface area contributed by atoms with Crippen LogP contribution in [0.2, 0.25) is 0 Å². The quantitative estimate of drug-likeness (QED) is 0.518. The molecule has 0 radical (unpaired) electrons. The lowest BCUT2D eigenvalue weighted by atomic mass is 10.1. The molecular weight excluding hydrogens is 434 g/mol. The molecule has 2 aromatic rings. The summed E-state index contributed by atoms with van der Waals surface area (Å²) in [5.74, 6) is -2.21. The average Bonchev–Trinajstić information content (AvgIpc) is 2.66. The Morgan fingerprint density at radius 1 is 1.28 bits per heavy atom. The Balaban J connectivity index is 2.38. The number of ether oxygens (including phenoxy) is 1. The molecule has 0 fully saturated rings. The minimum Gasteiger partial charge on any atom is -0.495 e. The topological polar surface area (TPSA) is 99.6 Å². The fourth-order valence-electron chi connectivity index (χ4n) is 2.91. The van der Waals surface area contributed by atoms with Gasteiger partial charge in [-0.3, -0.25) is 4.79 Å². The first-order valence-electron chi connectivity index (χ1n) is 9.57. The number of likely N-dealkylation sites (N-methyl/N-ethyl adjacent to an activating group) is 1. The summed E-state index contributed by atoms with van der Waals surface area (Å²) >= 11 is 0. The van der Waals surface area contributed by atoms with E-state index in [2.05, 4.69) is 20.6 Å². The van der Waals surface area contributed by atoms with Crippen molar-refractivity contribution in [2.45, 2.75) is 32.5 Å². The lowest BCUT2D eigenvalue weighted by molar-refractivity contribution is -0.137. The van der Waals surface area contributed by atoms with Gasteiger partial charge in [0.15, 0.2) is 0 Å². The summed E-state index contributed by atoms with van der Waals surface area (Å²) < 4.78 is 59.3. The first-order chi connectivity index (χ1) is 14.8. The van der Waals surface area contributed by atoms with E-state index in [1.807, 2.05) is 0 Å². The monoisotopic (exact) mass is 459 g/mol. The number of carbonyl (C=O) groups is 1. The molecule has 176 valence electrons. The zero-order valence-electron chi connectivity index (χ0n) is 18.3. The van der Waals surface area contributed by atoms with Crippen LogP contribution in [0, 0.1) is 5.82 Å². The fourth-order valence-corrected chi connectivity index (χ4v) is 2.91. The van der Waals surface area contributed by atoms with E-state index in [1.54, 1.807) is 6.92 Å². The van der Waals surface area contributed by atoms with Crippen LogP contribution in [0.1, 0.15) is 36.7 Å². The summed E-state index contributed by atoms with van der Waals surface area (Å²) in [6, 6.07) is 2.11. The van der Waals surface area contributed by atoms with Crippen molar-refractivity contribution in [3.63, 3.8) is 0 Å². The highest BCUT2D eigenvalue weighted by Gasteiger charge is 2.35. The molecule has 1 amide bonds. The summed E-state index contributed by atoms with van der Waals surface area (Å²) in [5, 5.41) is 15.0. The third-order valence-corrected chi connectivity index (χ3v) is 4.18. The Kier molecular flexibility index (Phi) is 7.50. The molecule has 0 saturated heterocycles. The van der Waals surface area contributed by atoms with Crippen molar-refractivity contribution >= 4 is 23.4 Å². The van der Waals surface area contributed by atoms with Crippen LogP contribution in [-0.4, -0.2) is 58.7 Å². The smallest absolute Gasteiger partial charge is 0.421 e. The largest absolute Gasteiger partial charge is 0.495 e. The fraction of sp³-hybridized carbons (Fsp3) is 0.450. The molecule has 3 N–H and O–H groups in total. The van der Waals surface area contributed by atoms with Crippen molar-refractivity contribution < 1.29 is 32.2 Å². The molecule has 0 aliphatic carbocycles. The molecule has 0 bridgehead atoms. The second kappa shape index (κ2) is 9.55. The van der Waals surface area contributed by atoms with Crippen molar-refractivity contribution in [2.24, 2.45) is 0 Å². The first kappa shape index (κ1) is 25.1. The second-order valence-electron chi connectivity index (χ2n) is 7.61. The predicted octanol–water partition coefficient (Wildman–Crippen LogP) is 3.66. The number of rotatable bonds is 8. The zero-order chi connectivity index (χ0) is 24.3. The van der Waals surface area contributed by atoms with Crippen LogP contribution in [0.3, 0.4) is 0 Å². The summed E-state index contributed by atoms with van der Waals surface area (Å²) in [4.78, 5) is 21.2. The number of anilines is 3. The molecule has 0 atom stereocenters. The van der Waals surface area contributed by atoms with Crippen molar-refractivity contribution in [1.29, 1.82) is 0 Å². The number of nitrogens with one attached hydrogen (secondary N) is 2. The van der Waals surface area contributed by atoms with Gasteiger partial charge in [0, 0.05) is 32.4 Å². The highest BCUT2D eigenvalue weighted by molar-refractivity contribution is 5.95. The van der Waals surface area contributed by atoms with Crippen molar-refractivity contribution in [1.82, 2.24) is 14.9 Å². The molecule has 0 unspecified atom stereocenters. The molecule has 0 aliphatic heterocycles. The molecule has 0 aliphatic rings. The van der Waals surface area contributed by atoms with Crippen LogP contribution in [0.15, 0.2) is 18.3 Å². The number of amides is 1. The van der Waals surface area contributed by atoms with Gasteiger partial charge in [-0.25, -0.2) is 9.37 Å². The molecule has 0 saturated carbocycles. The second-order valence-corrected chi connectivity index (χ2v) is 7.61. The summed E-state index contributed by atoms with van der Waals surface area (Å²) in [6.45, 7) is 4.77. The number of carbonyl (C=O) groups excluding carboxylic acids is 1. The highest BCUT2D eigenvalue weighted by Crippen LogP contribution is 2.35. The van der Waals surface area contributed by atoms with Crippen molar-refractivity contribution in [2.75, 3.05) is 37.9 Å². The van der Waals surface area contributed by atoms with E-state index in [1.165, 1.54) is 28.0 Å². The number of nitrogens with zero attached hydrogens (tertiary/aromatic N) is 3. The maximum Gasteiger partial charge on any atom is 0.421 e. The van der Waals surface area contributed by atoms with Gasteiger partial charge in [-0.15, -0.1) is 0 Å². The van der Waals surface area contributed by atoms with Gasteiger partial charge in [-0.2, -0.15) is 18.2 Å². The van der Waals surface area contributed by atoms with Crippen LogP contribution >= 0.6 is 0 Å². The lowest BCUT2D eigenvalue weighted by Crippen LogP contribution is -2.40. The number of aromatic nitrogens is 2. The van der Waals surface area contributed by atoms with Crippen molar-refractivity contribution in [3.05, 3.63) is 35.3 Å². The normalized spacial score (nSPS) is 11.8. The van der Waals surface area contributed by atoms with E-state index in [-0.39, 0.29) is 36.0 Å². The van der Waals surface area contributed by atoms with E-state index >= 15 is 0 Å². The third-order valence-electron chi connectivity index (χ3n) is 4.18. The first-order valence-corrected chi connectivity index (χ1v) is 9.57. The Labute approximate surface area is 182 Å². The van der Waals surface area contributed by atoms with E-state index < -0.39 is 34.9 Å². The number of methoxy groups -OCH3 is 1. The van der Waals surface area contributed by atoms with E-state index in [4.69, 9.17) is 4.74 Å². The van der Waals surface area contributed by atoms with E-state index in [0.29, 0.717) is 6.20 Å².